The van der Waals surface area contributed by atoms with Crippen molar-refractivity contribution >= 4 is 11.3 Å². The number of rotatable bonds is 3. The number of aryl methyl sites for hydroxylation is 1. The van der Waals surface area contributed by atoms with Crippen LogP contribution in [0.1, 0.15) is 24.0 Å². The Labute approximate surface area is 88.9 Å². The van der Waals surface area contributed by atoms with E-state index in [2.05, 4.69) is 22.2 Å². The Bertz CT molecular complexity index is 297. The van der Waals surface area contributed by atoms with E-state index >= 15 is 0 Å². The van der Waals surface area contributed by atoms with Gasteiger partial charge in [-0.25, -0.2) is 4.98 Å². The van der Waals surface area contributed by atoms with Crippen LogP contribution in [0, 0.1) is 0 Å². The van der Waals surface area contributed by atoms with Crippen LogP contribution in [0.4, 0.5) is 0 Å². The largest absolute Gasteiger partial charge is 0.326 e. The molecule has 1 aliphatic rings. The third kappa shape index (κ3) is 2.32. The Hall–Kier alpha value is -0.450. The molecular weight excluding hydrogens is 194 g/mol. The molecule has 0 unspecified atom stereocenters. The fraction of sp³-hybridized carbons (Fsp3) is 0.700. The van der Waals surface area contributed by atoms with Crippen molar-refractivity contribution in [3.63, 3.8) is 0 Å². The fourth-order valence-corrected chi connectivity index (χ4v) is 2.56. The van der Waals surface area contributed by atoms with Crippen LogP contribution in [0.25, 0.3) is 0 Å². The Morgan fingerprint density at radius 1 is 1.71 bits per heavy atom. The van der Waals surface area contributed by atoms with E-state index in [0.29, 0.717) is 6.04 Å². The average Bonchev–Trinajstić information content (AvgIpc) is 2.76. The van der Waals surface area contributed by atoms with Crippen LogP contribution in [0.2, 0.25) is 0 Å². The van der Waals surface area contributed by atoms with E-state index in [1.165, 1.54) is 10.7 Å². The molecule has 78 valence electrons. The summed E-state index contributed by atoms with van der Waals surface area (Å²) in [6.45, 7) is 5.28. The minimum atomic E-state index is 0.374. The van der Waals surface area contributed by atoms with E-state index in [1.54, 1.807) is 11.3 Å². The SMILES string of the molecule is CCc1nc(CN2CC[C@@H](N)C2)cs1. The summed E-state index contributed by atoms with van der Waals surface area (Å²) in [6.07, 6.45) is 2.18. The number of hydrogen-bond acceptors (Lipinski definition) is 4. The molecule has 0 bridgehead atoms. The van der Waals surface area contributed by atoms with Crippen LogP contribution in [0.15, 0.2) is 5.38 Å². The summed E-state index contributed by atoms with van der Waals surface area (Å²) in [6, 6.07) is 0.374. The maximum atomic E-state index is 5.85. The van der Waals surface area contributed by atoms with Gasteiger partial charge in [-0.2, -0.15) is 0 Å². The molecule has 0 amide bonds. The molecule has 0 radical (unpaired) electrons. The molecule has 2 heterocycles. The zero-order valence-electron chi connectivity index (χ0n) is 8.57. The lowest BCUT2D eigenvalue weighted by Gasteiger charge is -2.12. The molecule has 0 saturated carbocycles. The monoisotopic (exact) mass is 211 g/mol. The van der Waals surface area contributed by atoms with E-state index in [4.69, 9.17) is 5.73 Å². The van der Waals surface area contributed by atoms with Gasteiger partial charge < -0.3 is 5.73 Å². The summed E-state index contributed by atoms with van der Waals surface area (Å²) in [7, 11) is 0. The second-order valence-electron chi connectivity index (χ2n) is 3.87. The summed E-state index contributed by atoms with van der Waals surface area (Å²) in [5.74, 6) is 0. The molecular formula is C10H17N3S. The van der Waals surface area contributed by atoms with Gasteiger partial charge >= 0.3 is 0 Å². The lowest BCUT2D eigenvalue weighted by Crippen LogP contribution is -2.26. The third-order valence-corrected chi connectivity index (χ3v) is 3.64. The molecule has 4 heteroatoms. The Balaban J connectivity index is 1.90. The molecule has 14 heavy (non-hydrogen) atoms. The molecule has 1 fully saturated rings. The number of nitrogens with two attached hydrogens (primary N) is 1. The predicted molar refractivity (Wildman–Crippen MR) is 59.4 cm³/mol. The highest BCUT2D eigenvalue weighted by Gasteiger charge is 2.19. The van der Waals surface area contributed by atoms with E-state index < -0.39 is 0 Å². The van der Waals surface area contributed by atoms with Gasteiger partial charge in [0.05, 0.1) is 10.7 Å². The van der Waals surface area contributed by atoms with Crippen molar-refractivity contribution in [2.45, 2.75) is 32.4 Å². The number of hydrogen-bond donors (Lipinski definition) is 1. The molecule has 1 atom stereocenters. The Morgan fingerprint density at radius 2 is 2.57 bits per heavy atom. The molecule has 1 aromatic heterocycles. The van der Waals surface area contributed by atoms with Gasteiger partial charge in [0.15, 0.2) is 0 Å². The molecule has 1 aromatic rings. The van der Waals surface area contributed by atoms with Crippen LogP contribution >= 0.6 is 11.3 Å². The Kier molecular flexibility index (Phi) is 3.15. The summed E-state index contributed by atoms with van der Waals surface area (Å²) in [5, 5.41) is 3.41. The van der Waals surface area contributed by atoms with E-state index in [-0.39, 0.29) is 0 Å². The molecule has 2 rings (SSSR count). The normalized spacial score (nSPS) is 23.1. The second-order valence-corrected chi connectivity index (χ2v) is 4.81. The number of thiazole rings is 1. The summed E-state index contributed by atoms with van der Waals surface area (Å²) in [4.78, 5) is 6.94. The van der Waals surface area contributed by atoms with Crippen molar-refractivity contribution in [1.29, 1.82) is 0 Å². The number of aromatic nitrogens is 1. The molecule has 3 nitrogen and oxygen atoms in total. The highest BCUT2D eigenvalue weighted by molar-refractivity contribution is 7.09. The maximum Gasteiger partial charge on any atom is 0.0926 e. The van der Waals surface area contributed by atoms with Crippen LogP contribution in [0.5, 0.6) is 0 Å². The van der Waals surface area contributed by atoms with Gasteiger partial charge in [0.1, 0.15) is 0 Å². The van der Waals surface area contributed by atoms with Crippen LogP contribution in [-0.2, 0) is 13.0 Å². The molecule has 2 N–H and O–H groups in total. The molecule has 1 saturated heterocycles. The predicted octanol–water partition coefficient (Wildman–Crippen LogP) is 1.24. The quantitative estimate of drug-likeness (QED) is 0.818. The van der Waals surface area contributed by atoms with E-state index in [0.717, 1.165) is 32.5 Å². The average molecular weight is 211 g/mol. The summed E-state index contributed by atoms with van der Waals surface area (Å²) < 4.78 is 0. The molecule has 0 spiro atoms. The first kappa shape index (κ1) is 10.1. The van der Waals surface area contributed by atoms with Gasteiger partial charge in [0, 0.05) is 31.1 Å². The first-order valence-electron chi connectivity index (χ1n) is 5.19. The van der Waals surface area contributed by atoms with Gasteiger partial charge in [-0.3, -0.25) is 4.90 Å². The minimum absolute atomic E-state index is 0.374. The van der Waals surface area contributed by atoms with Crippen molar-refractivity contribution in [1.82, 2.24) is 9.88 Å². The van der Waals surface area contributed by atoms with E-state index in [9.17, 15) is 0 Å². The summed E-state index contributed by atoms with van der Waals surface area (Å²) >= 11 is 1.76. The van der Waals surface area contributed by atoms with Crippen LogP contribution in [0.3, 0.4) is 0 Å². The molecule has 1 aliphatic heterocycles. The topological polar surface area (TPSA) is 42.2 Å². The fourth-order valence-electron chi connectivity index (χ4n) is 1.82. The zero-order valence-corrected chi connectivity index (χ0v) is 9.39. The van der Waals surface area contributed by atoms with Gasteiger partial charge in [-0.05, 0) is 12.8 Å². The van der Waals surface area contributed by atoms with Crippen molar-refractivity contribution in [2.75, 3.05) is 13.1 Å². The number of nitrogens with zero attached hydrogens (tertiary/aromatic N) is 2. The lowest BCUT2D eigenvalue weighted by molar-refractivity contribution is 0.323. The van der Waals surface area contributed by atoms with Gasteiger partial charge in [-0.15, -0.1) is 11.3 Å². The minimum Gasteiger partial charge on any atom is -0.326 e. The molecule has 0 aliphatic carbocycles. The summed E-state index contributed by atoms with van der Waals surface area (Å²) in [5.41, 5.74) is 7.06. The second kappa shape index (κ2) is 4.38. The van der Waals surface area contributed by atoms with Crippen molar-refractivity contribution < 1.29 is 0 Å². The maximum absolute atomic E-state index is 5.85. The van der Waals surface area contributed by atoms with Crippen LogP contribution in [-0.4, -0.2) is 29.0 Å². The first-order chi connectivity index (χ1) is 6.78. The highest BCUT2D eigenvalue weighted by atomic mass is 32.1. The van der Waals surface area contributed by atoms with Crippen molar-refractivity contribution in [3.05, 3.63) is 16.1 Å². The lowest BCUT2D eigenvalue weighted by atomic mass is 10.3. The Morgan fingerprint density at radius 3 is 3.14 bits per heavy atom. The van der Waals surface area contributed by atoms with Gasteiger partial charge in [0.25, 0.3) is 0 Å². The smallest absolute Gasteiger partial charge is 0.0926 e. The van der Waals surface area contributed by atoms with Gasteiger partial charge in [-0.1, -0.05) is 6.92 Å². The molecule has 0 aromatic carbocycles. The first-order valence-corrected chi connectivity index (χ1v) is 6.07. The number of likely N-dealkylation sites (tertiary alicyclic amines) is 1. The highest BCUT2D eigenvalue weighted by Crippen LogP contribution is 2.15. The standard InChI is InChI=1S/C10H17N3S/c1-2-10-12-9(7-14-10)6-13-4-3-8(11)5-13/h7-8H,2-6,11H2,1H3/t8-/m1/s1. The van der Waals surface area contributed by atoms with Crippen LogP contribution < -0.4 is 5.73 Å². The van der Waals surface area contributed by atoms with Crippen molar-refractivity contribution in [2.24, 2.45) is 5.73 Å². The van der Waals surface area contributed by atoms with Gasteiger partial charge in [0.2, 0.25) is 0 Å². The van der Waals surface area contributed by atoms with E-state index in [1.807, 2.05) is 0 Å². The zero-order chi connectivity index (χ0) is 9.97. The van der Waals surface area contributed by atoms with Crippen molar-refractivity contribution in [3.8, 4) is 0 Å². The third-order valence-electron chi connectivity index (χ3n) is 2.60.